The van der Waals surface area contributed by atoms with Crippen LogP contribution in [-0.4, -0.2) is 16.0 Å². The van der Waals surface area contributed by atoms with E-state index in [9.17, 15) is 9.18 Å². The van der Waals surface area contributed by atoms with E-state index in [1.165, 1.54) is 29.8 Å². The minimum absolute atomic E-state index is 0.0873. The van der Waals surface area contributed by atoms with Crippen LogP contribution in [0.2, 0.25) is 0 Å². The quantitative estimate of drug-likeness (QED) is 0.400. The molecule has 0 aliphatic heterocycles. The first-order valence-corrected chi connectivity index (χ1v) is 10.2. The van der Waals surface area contributed by atoms with E-state index < -0.39 is 11.8 Å². The van der Waals surface area contributed by atoms with E-state index in [1.807, 2.05) is 32.0 Å². The number of nitrogens with two attached hydrogens (primary N) is 1. The summed E-state index contributed by atoms with van der Waals surface area (Å²) in [7, 11) is 0. The molecule has 0 radical (unpaired) electrons. The van der Waals surface area contributed by atoms with Crippen molar-refractivity contribution in [3.05, 3.63) is 65.0 Å². The van der Waals surface area contributed by atoms with Crippen molar-refractivity contribution in [3.8, 4) is 11.1 Å². The lowest BCUT2D eigenvalue weighted by molar-refractivity contribution is 0.262. The van der Waals surface area contributed by atoms with Gasteiger partial charge >= 0.3 is 6.03 Å². The Kier molecular flexibility index (Phi) is 5.33. The van der Waals surface area contributed by atoms with Gasteiger partial charge in [-0.25, -0.2) is 19.2 Å². The van der Waals surface area contributed by atoms with Crippen molar-refractivity contribution in [1.29, 1.82) is 0 Å². The SMILES string of the molecule is CCc1cccc(NC(=O)Nc2ccc(-c3c(C)sc4ncnc(N)c34)cc2F)c1. The van der Waals surface area contributed by atoms with Gasteiger partial charge < -0.3 is 16.4 Å². The van der Waals surface area contributed by atoms with Gasteiger partial charge in [-0.05, 0) is 48.7 Å². The van der Waals surface area contributed by atoms with Crippen molar-refractivity contribution in [2.45, 2.75) is 20.3 Å². The van der Waals surface area contributed by atoms with Crippen LogP contribution in [0.3, 0.4) is 0 Å². The highest BCUT2D eigenvalue weighted by Gasteiger charge is 2.17. The van der Waals surface area contributed by atoms with Crippen LogP contribution in [0.5, 0.6) is 0 Å². The van der Waals surface area contributed by atoms with Crippen molar-refractivity contribution < 1.29 is 9.18 Å². The topological polar surface area (TPSA) is 92.9 Å². The third-order valence-electron chi connectivity index (χ3n) is 4.79. The number of carbonyl (C=O) groups is 1. The lowest BCUT2D eigenvalue weighted by Crippen LogP contribution is -2.20. The van der Waals surface area contributed by atoms with Gasteiger partial charge in [0.05, 0.1) is 11.1 Å². The lowest BCUT2D eigenvalue weighted by Gasteiger charge is -2.11. The first-order valence-electron chi connectivity index (χ1n) is 9.42. The Morgan fingerprint density at radius 3 is 2.77 bits per heavy atom. The molecule has 0 bridgehead atoms. The normalized spacial score (nSPS) is 10.9. The molecule has 4 aromatic rings. The van der Waals surface area contributed by atoms with Crippen molar-refractivity contribution in [2.24, 2.45) is 0 Å². The number of hydrogen-bond donors (Lipinski definition) is 3. The van der Waals surface area contributed by atoms with E-state index in [0.29, 0.717) is 22.5 Å². The van der Waals surface area contributed by atoms with Crippen LogP contribution >= 0.6 is 11.3 Å². The van der Waals surface area contributed by atoms with E-state index in [2.05, 4.69) is 20.6 Å². The molecule has 0 fully saturated rings. The second-order valence-corrected chi connectivity index (χ2v) is 8.00. The lowest BCUT2D eigenvalue weighted by atomic mass is 10.0. The van der Waals surface area contributed by atoms with Gasteiger partial charge in [0.25, 0.3) is 0 Å². The Labute approximate surface area is 177 Å². The molecule has 0 unspecified atom stereocenters. The summed E-state index contributed by atoms with van der Waals surface area (Å²) in [6.45, 7) is 3.97. The number of urea groups is 1. The number of fused-ring (bicyclic) bond motifs is 1. The predicted molar refractivity (Wildman–Crippen MR) is 120 cm³/mol. The number of nitrogens with one attached hydrogen (secondary N) is 2. The molecule has 4 rings (SSSR count). The third kappa shape index (κ3) is 3.81. The summed E-state index contributed by atoms with van der Waals surface area (Å²) >= 11 is 1.48. The molecule has 0 saturated heterocycles. The predicted octanol–water partition coefficient (Wildman–Crippen LogP) is 5.59. The maximum absolute atomic E-state index is 14.8. The number of halogens is 1. The second-order valence-electron chi connectivity index (χ2n) is 6.80. The Morgan fingerprint density at radius 1 is 1.17 bits per heavy atom. The molecule has 0 spiro atoms. The molecular weight excluding hydrogens is 401 g/mol. The van der Waals surface area contributed by atoms with Gasteiger partial charge in [-0.2, -0.15) is 0 Å². The van der Waals surface area contributed by atoms with E-state index in [0.717, 1.165) is 27.3 Å². The smallest absolute Gasteiger partial charge is 0.323 e. The van der Waals surface area contributed by atoms with Crippen LogP contribution in [0.25, 0.3) is 21.3 Å². The molecule has 2 aromatic carbocycles. The molecule has 0 aliphatic rings. The number of nitrogens with zero attached hydrogens (tertiary/aromatic N) is 2. The molecule has 6 nitrogen and oxygen atoms in total. The molecule has 8 heteroatoms. The van der Waals surface area contributed by atoms with E-state index in [1.54, 1.807) is 12.1 Å². The fraction of sp³-hybridized carbons (Fsp3) is 0.136. The molecule has 0 atom stereocenters. The van der Waals surface area contributed by atoms with Gasteiger partial charge in [-0.15, -0.1) is 11.3 Å². The highest BCUT2D eigenvalue weighted by atomic mass is 32.1. The Bertz CT molecular complexity index is 1250. The van der Waals surface area contributed by atoms with Crippen molar-refractivity contribution in [1.82, 2.24) is 9.97 Å². The number of hydrogen-bond acceptors (Lipinski definition) is 5. The fourth-order valence-corrected chi connectivity index (χ4v) is 4.36. The largest absolute Gasteiger partial charge is 0.383 e. The third-order valence-corrected chi connectivity index (χ3v) is 5.81. The zero-order chi connectivity index (χ0) is 21.3. The Hall–Kier alpha value is -3.52. The number of rotatable bonds is 4. The first-order chi connectivity index (χ1) is 14.5. The minimum Gasteiger partial charge on any atom is -0.383 e. The van der Waals surface area contributed by atoms with Crippen LogP contribution < -0.4 is 16.4 Å². The first kappa shape index (κ1) is 19.8. The Balaban J connectivity index is 1.58. The monoisotopic (exact) mass is 421 g/mol. The molecular formula is C22H20FN5OS. The molecule has 2 aromatic heterocycles. The number of thiophene rings is 1. The number of carbonyl (C=O) groups excluding carboxylic acids is 1. The molecule has 152 valence electrons. The van der Waals surface area contributed by atoms with Crippen molar-refractivity contribution >= 4 is 44.8 Å². The molecule has 2 amide bonds. The number of anilines is 3. The summed E-state index contributed by atoms with van der Waals surface area (Å²) in [6.07, 6.45) is 2.28. The van der Waals surface area contributed by atoms with E-state index >= 15 is 0 Å². The number of aromatic nitrogens is 2. The summed E-state index contributed by atoms with van der Waals surface area (Å²) in [5.74, 6) is -0.185. The van der Waals surface area contributed by atoms with Gasteiger partial charge in [0.2, 0.25) is 0 Å². The zero-order valence-corrected chi connectivity index (χ0v) is 17.3. The van der Waals surface area contributed by atoms with Crippen LogP contribution in [0, 0.1) is 12.7 Å². The Morgan fingerprint density at radius 2 is 2.00 bits per heavy atom. The van der Waals surface area contributed by atoms with Crippen LogP contribution in [0.4, 0.5) is 26.4 Å². The summed E-state index contributed by atoms with van der Waals surface area (Å²) in [4.78, 5) is 22.3. The van der Waals surface area contributed by atoms with Crippen LogP contribution in [0.15, 0.2) is 48.8 Å². The summed E-state index contributed by atoms with van der Waals surface area (Å²) < 4.78 is 14.8. The number of nitrogen functional groups attached to an aromatic ring is 1. The summed E-state index contributed by atoms with van der Waals surface area (Å²) in [5.41, 5.74) is 9.33. The molecule has 30 heavy (non-hydrogen) atoms. The van der Waals surface area contributed by atoms with E-state index in [-0.39, 0.29) is 5.69 Å². The maximum Gasteiger partial charge on any atom is 0.323 e. The summed E-state index contributed by atoms with van der Waals surface area (Å²) in [5, 5.41) is 6.00. The number of amides is 2. The van der Waals surface area contributed by atoms with E-state index in [4.69, 9.17) is 5.73 Å². The van der Waals surface area contributed by atoms with Crippen LogP contribution in [-0.2, 0) is 6.42 Å². The highest BCUT2D eigenvalue weighted by molar-refractivity contribution is 7.19. The van der Waals surface area contributed by atoms with Gasteiger partial charge in [0.15, 0.2) is 0 Å². The zero-order valence-electron chi connectivity index (χ0n) is 16.5. The fourth-order valence-electron chi connectivity index (χ4n) is 3.34. The average molecular weight is 422 g/mol. The van der Waals surface area contributed by atoms with Crippen molar-refractivity contribution in [2.75, 3.05) is 16.4 Å². The van der Waals surface area contributed by atoms with Crippen molar-refractivity contribution in [3.63, 3.8) is 0 Å². The molecule has 4 N–H and O–H groups in total. The second kappa shape index (κ2) is 8.08. The standard InChI is InChI=1S/C22H20FN5OS/c1-3-13-5-4-6-15(9-13)27-22(29)28-17-8-7-14(10-16(17)23)18-12(2)30-21-19(18)20(24)25-11-26-21/h4-11H,3H2,1-2H3,(H2,24,25,26)(H2,27,28,29). The van der Waals surface area contributed by atoms with Gasteiger partial charge in [0, 0.05) is 16.1 Å². The average Bonchev–Trinajstić information content (AvgIpc) is 3.07. The summed E-state index contributed by atoms with van der Waals surface area (Å²) in [6, 6.07) is 11.7. The van der Waals surface area contributed by atoms with Gasteiger partial charge in [0.1, 0.15) is 22.8 Å². The number of benzene rings is 2. The van der Waals surface area contributed by atoms with Gasteiger partial charge in [-0.3, -0.25) is 0 Å². The molecule has 0 saturated carbocycles. The minimum atomic E-state index is -0.542. The molecule has 0 aliphatic carbocycles. The number of aryl methyl sites for hydroxylation is 2. The highest BCUT2D eigenvalue weighted by Crippen LogP contribution is 2.40. The van der Waals surface area contributed by atoms with Gasteiger partial charge in [-0.1, -0.05) is 25.1 Å². The molecule has 2 heterocycles. The van der Waals surface area contributed by atoms with Crippen LogP contribution in [0.1, 0.15) is 17.4 Å². The maximum atomic E-state index is 14.8.